The number of carbonyl (C=O) groups is 1. The highest BCUT2D eigenvalue weighted by atomic mass is 16.8. The molecule has 4 nitrogen and oxygen atoms in total. The standard InChI is InChI=1S/C9H14O4/c1-9(2)12-7-5(4-10)3-6(11)8(7)13-9/h5,7-8,10H,3-4H2,1-2H3/t5-,7-,8?/m1/s1. The van der Waals surface area contributed by atoms with Crippen molar-refractivity contribution in [1.82, 2.24) is 0 Å². The average Bonchev–Trinajstić information content (AvgIpc) is 2.47. The van der Waals surface area contributed by atoms with Gasteiger partial charge in [-0.15, -0.1) is 0 Å². The van der Waals surface area contributed by atoms with Crippen LogP contribution in [-0.4, -0.2) is 35.5 Å². The minimum Gasteiger partial charge on any atom is -0.396 e. The average molecular weight is 186 g/mol. The number of rotatable bonds is 1. The molecule has 0 amide bonds. The van der Waals surface area contributed by atoms with Gasteiger partial charge in [0.1, 0.15) is 6.10 Å². The van der Waals surface area contributed by atoms with E-state index in [-0.39, 0.29) is 24.4 Å². The van der Waals surface area contributed by atoms with E-state index >= 15 is 0 Å². The Bertz CT molecular complexity index is 236. The van der Waals surface area contributed by atoms with Crippen LogP contribution in [-0.2, 0) is 14.3 Å². The lowest BCUT2D eigenvalue weighted by atomic mass is 10.1. The molecule has 1 aliphatic heterocycles. The van der Waals surface area contributed by atoms with Gasteiger partial charge in [-0.2, -0.15) is 0 Å². The number of hydrogen-bond acceptors (Lipinski definition) is 4. The fraction of sp³-hybridized carbons (Fsp3) is 0.889. The van der Waals surface area contributed by atoms with Crippen LogP contribution < -0.4 is 0 Å². The summed E-state index contributed by atoms with van der Waals surface area (Å²) in [5, 5.41) is 9.01. The van der Waals surface area contributed by atoms with Crippen molar-refractivity contribution in [2.45, 2.75) is 38.3 Å². The van der Waals surface area contributed by atoms with Gasteiger partial charge in [-0.1, -0.05) is 0 Å². The third kappa shape index (κ3) is 1.39. The number of aliphatic hydroxyl groups excluding tert-OH is 1. The molecule has 13 heavy (non-hydrogen) atoms. The molecule has 1 heterocycles. The number of ether oxygens (including phenoxy) is 2. The SMILES string of the molecule is CC1(C)OC2C(=O)C[C@H](CO)[C@H]2O1. The van der Waals surface area contributed by atoms with Crippen LogP contribution in [0.3, 0.4) is 0 Å². The second-order valence-electron chi connectivity index (χ2n) is 4.13. The summed E-state index contributed by atoms with van der Waals surface area (Å²) in [6.45, 7) is 3.56. The van der Waals surface area contributed by atoms with Crippen LogP contribution in [0.1, 0.15) is 20.3 Å². The van der Waals surface area contributed by atoms with E-state index in [2.05, 4.69) is 0 Å². The first-order valence-electron chi connectivity index (χ1n) is 4.53. The van der Waals surface area contributed by atoms with Crippen LogP contribution >= 0.6 is 0 Å². The van der Waals surface area contributed by atoms with Crippen LogP contribution in [0.25, 0.3) is 0 Å². The largest absolute Gasteiger partial charge is 0.396 e. The molecule has 0 spiro atoms. The van der Waals surface area contributed by atoms with Gasteiger partial charge < -0.3 is 14.6 Å². The van der Waals surface area contributed by atoms with Crippen LogP contribution in [0.5, 0.6) is 0 Å². The van der Waals surface area contributed by atoms with E-state index < -0.39 is 11.9 Å². The summed E-state index contributed by atoms with van der Waals surface area (Å²) >= 11 is 0. The molecule has 74 valence electrons. The number of ketones is 1. The Morgan fingerprint density at radius 3 is 2.85 bits per heavy atom. The Morgan fingerprint density at radius 1 is 1.54 bits per heavy atom. The zero-order chi connectivity index (χ0) is 9.64. The number of hydrogen-bond donors (Lipinski definition) is 1. The van der Waals surface area contributed by atoms with E-state index in [9.17, 15) is 4.79 Å². The number of aliphatic hydroxyl groups is 1. The van der Waals surface area contributed by atoms with Crippen molar-refractivity contribution in [3.05, 3.63) is 0 Å². The Balaban J connectivity index is 2.17. The first-order chi connectivity index (χ1) is 6.03. The molecule has 1 N–H and O–H groups in total. The molecule has 0 bridgehead atoms. The second kappa shape index (κ2) is 2.77. The minimum atomic E-state index is -0.682. The minimum absolute atomic E-state index is 0.00759. The molecule has 0 aromatic heterocycles. The van der Waals surface area contributed by atoms with Crippen molar-refractivity contribution < 1.29 is 19.4 Å². The molecule has 0 aromatic carbocycles. The summed E-state index contributed by atoms with van der Waals surface area (Å²) in [5.41, 5.74) is 0. The molecule has 0 radical (unpaired) electrons. The monoisotopic (exact) mass is 186 g/mol. The molecule has 0 aromatic rings. The van der Waals surface area contributed by atoms with Gasteiger partial charge in [0.2, 0.25) is 0 Å². The summed E-state index contributed by atoms with van der Waals surface area (Å²) < 4.78 is 11.0. The molecular weight excluding hydrogens is 172 g/mol. The summed E-state index contributed by atoms with van der Waals surface area (Å²) in [7, 11) is 0. The third-order valence-corrected chi connectivity index (χ3v) is 2.61. The number of Topliss-reactive ketones (excluding diaryl/α,β-unsaturated/α-hetero) is 1. The molecular formula is C9H14O4. The van der Waals surface area contributed by atoms with E-state index in [1.807, 2.05) is 0 Å². The van der Waals surface area contributed by atoms with Crippen molar-refractivity contribution in [2.75, 3.05) is 6.61 Å². The number of fused-ring (bicyclic) bond motifs is 1. The fourth-order valence-corrected chi connectivity index (χ4v) is 2.04. The third-order valence-electron chi connectivity index (χ3n) is 2.61. The van der Waals surface area contributed by atoms with Gasteiger partial charge in [0.15, 0.2) is 11.6 Å². The normalized spacial score (nSPS) is 42.4. The molecule has 2 fully saturated rings. The Kier molecular flexibility index (Phi) is 1.94. The lowest BCUT2D eigenvalue weighted by Gasteiger charge is -2.19. The Morgan fingerprint density at radius 2 is 2.23 bits per heavy atom. The first-order valence-corrected chi connectivity index (χ1v) is 4.53. The second-order valence-corrected chi connectivity index (χ2v) is 4.13. The van der Waals surface area contributed by atoms with E-state index in [1.165, 1.54) is 0 Å². The van der Waals surface area contributed by atoms with Gasteiger partial charge in [0.25, 0.3) is 0 Å². The van der Waals surface area contributed by atoms with Crippen molar-refractivity contribution in [3.8, 4) is 0 Å². The van der Waals surface area contributed by atoms with Gasteiger partial charge in [0, 0.05) is 18.9 Å². The van der Waals surface area contributed by atoms with Crippen LogP contribution in [0.4, 0.5) is 0 Å². The van der Waals surface area contributed by atoms with Gasteiger partial charge in [-0.3, -0.25) is 4.79 Å². The maximum absolute atomic E-state index is 11.4. The molecule has 1 saturated heterocycles. The smallest absolute Gasteiger partial charge is 0.164 e. The predicted octanol–water partition coefficient (Wildman–Crippen LogP) is 0.0878. The molecule has 1 unspecified atom stereocenters. The Labute approximate surface area is 76.8 Å². The summed E-state index contributed by atoms with van der Waals surface area (Å²) in [5.74, 6) is -0.715. The zero-order valence-electron chi connectivity index (χ0n) is 7.82. The first kappa shape index (κ1) is 9.12. The fourth-order valence-electron chi connectivity index (χ4n) is 2.04. The molecule has 1 saturated carbocycles. The predicted molar refractivity (Wildman–Crippen MR) is 44.0 cm³/mol. The van der Waals surface area contributed by atoms with E-state index in [0.717, 1.165) is 0 Å². The summed E-state index contributed by atoms with van der Waals surface area (Å²) in [6, 6.07) is 0. The van der Waals surface area contributed by atoms with Gasteiger partial charge in [-0.05, 0) is 13.8 Å². The van der Waals surface area contributed by atoms with Crippen LogP contribution in [0, 0.1) is 5.92 Å². The maximum atomic E-state index is 11.4. The van der Waals surface area contributed by atoms with E-state index in [0.29, 0.717) is 6.42 Å². The van der Waals surface area contributed by atoms with Crippen LogP contribution in [0.15, 0.2) is 0 Å². The topological polar surface area (TPSA) is 55.8 Å². The zero-order valence-corrected chi connectivity index (χ0v) is 7.82. The summed E-state index contributed by atoms with van der Waals surface area (Å²) in [4.78, 5) is 11.4. The van der Waals surface area contributed by atoms with Crippen molar-refractivity contribution in [2.24, 2.45) is 5.92 Å². The van der Waals surface area contributed by atoms with Gasteiger partial charge in [-0.25, -0.2) is 0 Å². The highest BCUT2D eigenvalue weighted by molar-refractivity contribution is 5.86. The van der Waals surface area contributed by atoms with E-state index in [4.69, 9.17) is 14.6 Å². The molecule has 2 aliphatic rings. The number of carbonyl (C=O) groups excluding carboxylic acids is 1. The van der Waals surface area contributed by atoms with Crippen molar-refractivity contribution >= 4 is 5.78 Å². The highest BCUT2D eigenvalue weighted by Gasteiger charge is 2.53. The quantitative estimate of drug-likeness (QED) is 0.630. The van der Waals surface area contributed by atoms with E-state index in [1.54, 1.807) is 13.8 Å². The lowest BCUT2D eigenvalue weighted by molar-refractivity contribution is -0.164. The lowest BCUT2D eigenvalue weighted by Crippen LogP contribution is -2.27. The molecule has 4 heteroatoms. The molecule has 2 rings (SSSR count). The maximum Gasteiger partial charge on any atom is 0.164 e. The molecule has 3 atom stereocenters. The van der Waals surface area contributed by atoms with Crippen molar-refractivity contribution in [3.63, 3.8) is 0 Å². The van der Waals surface area contributed by atoms with Gasteiger partial charge in [0.05, 0.1) is 6.10 Å². The highest BCUT2D eigenvalue weighted by Crippen LogP contribution is 2.39. The molecule has 1 aliphatic carbocycles. The van der Waals surface area contributed by atoms with Gasteiger partial charge >= 0.3 is 0 Å². The van der Waals surface area contributed by atoms with Crippen LogP contribution in [0.2, 0.25) is 0 Å². The Hall–Kier alpha value is -0.450. The van der Waals surface area contributed by atoms with Crippen molar-refractivity contribution in [1.29, 1.82) is 0 Å². The summed E-state index contributed by atoms with van der Waals surface area (Å²) in [6.07, 6.45) is -0.318.